The molecule has 0 heterocycles. The van der Waals surface area contributed by atoms with Crippen LogP contribution in [0.5, 0.6) is 0 Å². The molecule has 0 amide bonds. The van der Waals surface area contributed by atoms with Crippen LogP contribution in [0.3, 0.4) is 0 Å². The summed E-state index contributed by atoms with van der Waals surface area (Å²) in [4.78, 5) is 23.0. The smallest absolute Gasteiger partial charge is 0.307 e. The first-order valence-electron chi connectivity index (χ1n) is 14.1. The van der Waals surface area contributed by atoms with E-state index in [0.29, 0.717) is 13.0 Å². The summed E-state index contributed by atoms with van der Waals surface area (Å²) in [6.45, 7) is 4.57. The molecule has 0 spiro atoms. The minimum Gasteiger partial charge on any atom is -0.481 e. The molecule has 1 atom stereocenters. The molecule has 1 unspecified atom stereocenters. The summed E-state index contributed by atoms with van der Waals surface area (Å²) in [6, 6.07) is 0. The van der Waals surface area contributed by atoms with Crippen LogP contribution in [-0.2, 0) is 14.3 Å². The first-order chi connectivity index (χ1) is 16.1. The van der Waals surface area contributed by atoms with Crippen molar-refractivity contribution in [3.8, 4) is 0 Å². The highest BCUT2D eigenvalue weighted by Gasteiger charge is 2.21. The van der Waals surface area contributed by atoms with Gasteiger partial charge in [-0.2, -0.15) is 0 Å². The van der Waals surface area contributed by atoms with E-state index in [1.54, 1.807) is 0 Å². The Bertz CT molecular complexity index is 472. The normalized spacial score (nSPS) is 12.3. The molecule has 0 fully saturated rings. The fourth-order valence-corrected chi connectivity index (χ4v) is 4.13. The summed E-state index contributed by atoms with van der Waals surface area (Å²) in [5, 5.41) is 9.30. The SMILES string of the molecule is CCCCCCC/C=C/CCCCCCCCCCCCCC(CC(=O)OCCC)C(=O)O. The molecule has 0 aromatic carbocycles. The molecule has 0 aliphatic rings. The number of carboxylic acids is 1. The average Bonchev–Trinajstić information content (AvgIpc) is 2.80. The van der Waals surface area contributed by atoms with Gasteiger partial charge in [0.05, 0.1) is 18.9 Å². The Balaban J connectivity index is 3.40. The van der Waals surface area contributed by atoms with Gasteiger partial charge in [-0.25, -0.2) is 0 Å². The van der Waals surface area contributed by atoms with E-state index >= 15 is 0 Å². The maximum atomic E-state index is 11.6. The molecule has 0 saturated heterocycles. The second-order valence-corrected chi connectivity index (χ2v) is 9.60. The molecular weight excluding hydrogens is 412 g/mol. The van der Waals surface area contributed by atoms with Crippen LogP contribution in [0.4, 0.5) is 0 Å². The van der Waals surface area contributed by atoms with Crippen molar-refractivity contribution in [3.63, 3.8) is 0 Å². The van der Waals surface area contributed by atoms with Crippen molar-refractivity contribution in [2.75, 3.05) is 6.61 Å². The Labute approximate surface area is 204 Å². The highest BCUT2D eigenvalue weighted by Crippen LogP contribution is 2.17. The minimum atomic E-state index is -0.878. The lowest BCUT2D eigenvalue weighted by molar-refractivity contribution is -0.151. The van der Waals surface area contributed by atoms with Crippen LogP contribution in [0.2, 0.25) is 0 Å². The molecule has 0 rings (SSSR count). The number of aliphatic carboxylic acids is 1. The van der Waals surface area contributed by atoms with Crippen molar-refractivity contribution < 1.29 is 19.4 Å². The number of ether oxygens (including phenoxy) is 1. The molecule has 0 aromatic rings. The number of rotatable bonds is 25. The number of carbonyl (C=O) groups excluding carboxylic acids is 1. The summed E-state index contributed by atoms with van der Waals surface area (Å²) in [6.07, 6.45) is 29.2. The van der Waals surface area contributed by atoms with E-state index in [4.69, 9.17) is 4.74 Å². The van der Waals surface area contributed by atoms with E-state index in [2.05, 4.69) is 19.1 Å². The van der Waals surface area contributed by atoms with Gasteiger partial charge in [-0.05, 0) is 38.5 Å². The average molecular weight is 467 g/mol. The quantitative estimate of drug-likeness (QED) is 0.0828. The molecular formula is C29H54O4. The van der Waals surface area contributed by atoms with Crippen molar-refractivity contribution in [3.05, 3.63) is 12.2 Å². The zero-order valence-corrected chi connectivity index (χ0v) is 22.0. The summed E-state index contributed by atoms with van der Waals surface area (Å²) in [5.41, 5.74) is 0. The van der Waals surface area contributed by atoms with Gasteiger partial charge in [0.1, 0.15) is 0 Å². The van der Waals surface area contributed by atoms with Crippen molar-refractivity contribution >= 4 is 11.9 Å². The zero-order chi connectivity index (χ0) is 24.4. The van der Waals surface area contributed by atoms with Crippen LogP contribution in [0, 0.1) is 5.92 Å². The van der Waals surface area contributed by atoms with E-state index in [1.807, 2.05) is 6.92 Å². The highest BCUT2D eigenvalue weighted by molar-refractivity contribution is 5.78. The monoisotopic (exact) mass is 466 g/mol. The molecule has 0 aliphatic carbocycles. The van der Waals surface area contributed by atoms with Crippen LogP contribution in [-0.4, -0.2) is 23.7 Å². The highest BCUT2D eigenvalue weighted by atomic mass is 16.5. The molecule has 33 heavy (non-hydrogen) atoms. The number of carboxylic acid groups (broad SMARTS) is 1. The zero-order valence-electron chi connectivity index (χ0n) is 22.0. The summed E-state index contributed by atoms with van der Waals surface area (Å²) in [5.74, 6) is -1.86. The van der Waals surface area contributed by atoms with Gasteiger partial charge < -0.3 is 9.84 Å². The maximum Gasteiger partial charge on any atom is 0.307 e. The summed E-state index contributed by atoms with van der Waals surface area (Å²) < 4.78 is 5.01. The Morgan fingerprint density at radius 2 is 1.12 bits per heavy atom. The minimum absolute atomic E-state index is 0.00471. The van der Waals surface area contributed by atoms with Crippen molar-refractivity contribution in [1.82, 2.24) is 0 Å². The maximum absolute atomic E-state index is 11.6. The van der Waals surface area contributed by atoms with Crippen molar-refractivity contribution in [2.24, 2.45) is 5.92 Å². The molecule has 1 N–H and O–H groups in total. The molecule has 0 bridgehead atoms. The number of hydrogen-bond acceptors (Lipinski definition) is 3. The topological polar surface area (TPSA) is 63.6 Å². The standard InChI is InChI=1S/C29H54O4/c1-3-5-6-7-8-9-10-11-12-13-14-15-16-17-18-19-20-21-22-23-24-27(29(31)32)26-28(30)33-25-4-2/h10-11,27H,3-9,12-26H2,1-2H3,(H,31,32)/b11-10+. The van der Waals surface area contributed by atoms with Gasteiger partial charge >= 0.3 is 11.9 Å². The largest absolute Gasteiger partial charge is 0.481 e. The first-order valence-corrected chi connectivity index (χ1v) is 14.1. The van der Waals surface area contributed by atoms with Gasteiger partial charge in [-0.1, -0.05) is 116 Å². The van der Waals surface area contributed by atoms with Crippen molar-refractivity contribution in [2.45, 2.75) is 149 Å². The van der Waals surface area contributed by atoms with E-state index < -0.39 is 11.9 Å². The summed E-state index contributed by atoms with van der Waals surface area (Å²) >= 11 is 0. The third-order valence-electron chi connectivity index (χ3n) is 6.29. The molecule has 4 heteroatoms. The van der Waals surface area contributed by atoms with E-state index in [1.165, 1.54) is 96.3 Å². The molecule has 0 radical (unpaired) electrons. The first kappa shape index (κ1) is 31.7. The van der Waals surface area contributed by atoms with E-state index in [9.17, 15) is 14.7 Å². The van der Waals surface area contributed by atoms with Crippen LogP contribution in [0.25, 0.3) is 0 Å². The number of allylic oxidation sites excluding steroid dienone is 2. The predicted octanol–water partition coefficient (Wildman–Crippen LogP) is 9.02. The molecule has 0 aromatic heterocycles. The van der Waals surface area contributed by atoms with E-state index in [-0.39, 0.29) is 12.4 Å². The fourth-order valence-electron chi connectivity index (χ4n) is 4.13. The predicted molar refractivity (Wildman–Crippen MR) is 140 cm³/mol. The van der Waals surface area contributed by atoms with Crippen LogP contribution >= 0.6 is 0 Å². The third-order valence-corrected chi connectivity index (χ3v) is 6.29. The molecule has 0 aliphatic heterocycles. The number of esters is 1. The Morgan fingerprint density at radius 1 is 0.667 bits per heavy atom. The van der Waals surface area contributed by atoms with Gasteiger partial charge in [0.15, 0.2) is 0 Å². The second-order valence-electron chi connectivity index (χ2n) is 9.60. The number of carbonyl (C=O) groups is 2. The van der Waals surface area contributed by atoms with Crippen LogP contribution in [0.1, 0.15) is 149 Å². The fraction of sp³-hybridized carbons (Fsp3) is 0.862. The second kappa shape index (κ2) is 25.3. The summed E-state index contributed by atoms with van der Waals surface area (Å²) in [7, 11) is 0. The van der Waals surface area contributed by atoms with E-state index in [0.717, 1.165) is 25.7 Å². The van der Waals surface area contributed by atoms with Gasteiger partial charge in [0, 0.05) is 0 Å². The van der Waals surface area contributed by atoms with Gasteiger partial charge in [-0.15, -0.1) is 0 Å². The van der Waals surface area contributed by atoms with Gasteiger partial charge in [0.25, 0.3) is 0 Å². The van der Waals surface area contributed by atoms with Crippen molar-refractivity contribution in [1.29, 1.82) is 0 Å². The molecule has 4 nitrogen and oxygen atoms in total. The third kappa shape index (κ3) is 23.6. The van der Waals surface area contributed by atoms with Gasteiger partial charge in [0.2, 0.25) is 0 Å². The molecule has 194 valence electrons. The molecule has 0 saturated carbocycles. The lowest BCUT2D eigenvalue weighted by Crippen LogP contribution is -2.19. The number of hydrogen-bond donors (Lipinski definition) is 1. The van der Waals surface area contributed by atoms with Crippen LogP contribution in [0.15, 0.2) is 12.2 Å². The number of unbranched alkanes of at least 4 members (excludes halogenated alkanes) is 16. The lowest BCUT2D eigenvalue weighted by atomic mass is 9.97. The van der Waals surface area contributed by atoms with Crippen LogP contribution < -0.4 is 0 Å². The Kier molecular flexibility index (Phi) is 24.3. The lowest BCUT2D eigenvalue weighted by Gasteiger charge is -2.11. The Hall–Kier alpha value is -1.32. The Morgan fingerprint density at radius 3 is 1.58 bits per heavy atom. The van der Waals surface area contributed by atoms with Gasteiger partial charge in [-0.3, -0.25) is 9.59 Å².